The predicted octanol–water partition coefficient (Wildman–Crippen LogP) is -0.772. The minimum Gasteiger partial charge on any atom is -0.350 e. The number of nitrogens with one attached hydrogen (secondary N) is 4. The Morgan fingerprint density at radius 1 is 1.09 bits per heavy atom. The Morgan fingerprint density at radius 3 is 2.69 bits per heavy atom. The van der Waals surface area contributed by atoms with Crippen molar-refractivity contribution in [1.82, 2.24) is 30.7 Å². The Morgan fingerprint density at radius 2 is 1.91 bits per heavy atom. The molecule has 4 N–H and O–H groups in total. The molecule has 1 unspecified atom stereocenters. The quantitative estimate of drug-likeness (QED) is 0.441. The molecule has 32 heavy (non-hydrogen) atoms. The normalized spacial score (nSPS) is 21.1. The number of aromatic amines is 1. The smallest absolute Gasteiger partial charge is 0.262 e. The van der Waals surface area contributed by atoms with E-state index in [-0.39, 0.29) is 30.5 Å². The van der Waals surface area contributed by atoms with E-state index in [0.29, 0.717) is 17.5 Å². The summed E-state index contributed by atoms with van der Waals surface area (Å²) in [5, 5.41) is 15.7. The molecule has 0 spiro atoms. The van der Waals surface area contributed by atoms with Crippen LogP contribution in [-0.4, -0.2) is 75.9 Å². The highest BCUT2D eigenvalue weighted by Crippen LogP contribution is 2.30. The summed E-state index contributed by atoms with van der Waals surface area (Å²) < 4.78 is 0. The fraction of sp³-hybridized carbons (Fsp3) is 0.400. The maximum atomic E-state index is 13.1. The largest absolute Gasteiger partial charge is 0.350 e. The van der Waals surface area contributed by atoms with Crippen LogP contribution in [0.1, 0.15) is 39.1 Å². The number of aromatic nitrogens is 3. The number of rotatable bonds is 5. The van der Waals surface area contributed by atoms with E-state index in [2.05, 4.69) is 36.0 Å². The number of hydrogen-bond acceptors (Lipinski definition) is 9. The molecule has 4 amide bonds. The highest BCUT2D eigenvalue weighted by atomic mass is 16.2. The van der Waals surface area contributed by atoms with Gasteiger partial charge >= 0.3 is 0 Å². The fourth-order valence-electron chi connectivity index (χ4n) is 4.25. The molecule has 2 fully saturated rings. The third-order valence-corrected chi connectivity index (χ3v) is 5.87. The number of benzene rings is 1. The van der Waals surface area contributed by atoms with E-state index >= 15 is 0 Å². The Hall–Kier alpha value is -3.80. The van der Waals surface area contributed by atoms with Crippen molar-refractivity contribution in [2.24, 2.45) is 0 Å². The van der Waals surface area contributed by atoms with Crippen molar-refractivity contribution < 1.29 is 19.2 Å². The van der Waals surface area contributed by atoms with Crippen molar-refractivity contribution in [3.8, 4) is 0 Å². The Labute approximate surface area is 182 Å². The maximum absolute atomic E-state index is 13.1. The van der Waals surface area contributed by atoms with Gasteiger partial charge in [-0.25, -0.2) is 5.10 Å². The summed E-state index contributed by atoms with van der Waals surface area (Å²) in [6.45, 7) is 3.61. The van der Waals surface area contributed by atoms with Gasteiger partial charge in [-0.3, -0.25) is 29.4 Å². The van der Waals surface area contributed by atoms with Crippen LogP contribution in [0.15, 0.2) is 18.2 Å². The van der Waals surface area contributed by atoms with Crippen LogP contribution in [0.3, 0.4) is 0 Å². The fourth-order valence-corrected chi connectivity index (χ4v) is 4.25. The number of nitrogens with zero attached hydrogens (tertiary/aromatic N) is 4. The van der Waals surface area contributed by atoms with Crippen molar-refractivity contribution in [3.05, 3.63) is 34.9 Å². The molecule has 0 saturated carbocycles. The van der Waals surface area contributed by atoms with Crippen molar-refractivity contribution in [2.75, 3.05) is 36.4 Å². The molecule has 1 atom stereocenters. The summed E-state index contributed by atoms with van der Waals surface area (Å²) in [5.41, 5.74) is 1.12. The van der Waals surface area contributed by atoms with Crippen LogP contribution in [0.2, 0.25) is 0 Å². The maximum Gasteiger partial charge on any atom is 0.262 e. The first kappa shape index (κ1) is 20.1. The molecular weight excluding hydrogens is 416 g/mol. The molecule has 0 radical (unpaired) electrons. The number of anilines is 2. The molecule has 2 saturated heterocycles. The van der Waals surface area contributed by atoms with Crippen molar-refractivity contribution in [2.45, 2.75) is 25.4 Å². The van der Waals surface area contributed by atoms with E-state index in [1.165, 1.54) is 0 Å². The number of H-pyrrole nitrogens is 1. The van der Waals surface area contributed by atoms with Crippen LogP contribution in [0, 0.1) is 0 Å². The van der Waals surface area contributed by atoms with E-state index < -0.39 is 29.7 Å². The van der Waals surface area contributed by atoms with Gasteiger partial charge in [-0.05, 0) is 18.1 Å². The molecule has 3 aliphatic rings. The number of carbonyl (C=O) groups is 4. The van der Waals surface area contributed by atoms with Gasteiger partial charge in [0.1, 0.15) is 6.04 Å². The van der Waals surface area contributed by atoms with E-state index in [1.807, 2.05) is 0 Å². The standard InChI is InChI=1S/C20H22N8O4/c29-14-5-4-13(16(30)23-14)28-17(31)12-3-1-2-11(15(12)18(28)32)10-22-19-24-20(26-25-19)27-8-6-21-7-9-27/h1-3,13,21H,4-10H2,(H,23,29,30)(H2,22,24,25,26). The van der Waals surface area contributed by atoms with E-state index in [9.17, 15) is 19.2 Å². The number of amides is 4. The molecule has 5 rings (SSSR count). The van der Waals surface area contributed by atoms with Gasteiger partial charge in [-0.1, -0.05) is 12.1 Å². The van der Waals surface area contributed by atoms with Crippen molar-refractivity contribution in [3.63, 3.8) is 0 Å². The topological polar surface area (TPSA) is 152 Å². The lowest BCUT2D eigenvalue weighted by Crippen LogP contribution is -2.54. The van der Waals surface area contributed by atoms with Crippen LogP contribution < -0.4 is 20.9 Å². The van der Waals surface area contributed by atoms with E-state index in [4.69, 9.17) is 0 Å². The zero-order valence-corrected chi connectivity index (χ0v) is 17.2. The van der Waals surface area contributed by atoms with Gasteiger partial charge in [0.15, 0.2) is 0 Å². The van der Waals surface area contributed by atoms with Gasteiger partial charge in [0.25, 0.3) is 11.8 Å². The highest BCUT2D eigenvalue weighted by Gasteiger charge is 2.45. The lowest BCUT2D eigenvalue weighted by Gasteiger charge is -2.27. The summed E-state index contributed by atoms with van der Waals surface area (Å²) >= 11 is 0. The second-order valence-electron chi connectivity index (χ2n) is 7.86. The number of hydrogen-bond donors (Lipinski definition) is 4. The Bertz CT molecular complexity index is 1110. The predicted molar refractivity (Wildman–Crippen MR) is 112 cm³/mol. The highest BCUT2D eigenvalue weighted by molar-refractivity contribution is 6.24. The molecule has 4 heterocycles. The first-order chi connectivity index (χ1) is 15.5. The van der Waals surface area contributed by atoms with Gasteiger partial charge in [0.2, 0.25) is 23.7 Å². The zero-order chi connectivity index (χ0) is 22.2. The molecule has 1 aromatic heterocycles. The lowest BCUT2D eigenvalue weighted by atomic mass is 10.0. The van der Waals surface area contributed by atoms with Crippen LogP contribution in [-0.2, 0) is 16.1 Å². The first-order valence-electron chi connectivity index (χ1n) is 10.5. The first-order valence-corrected chi connectivity index (χ1v) is 10.5. The Balaban J connectivity index is 1.33. The molecule has 12 heteroatoms. The van der Waals surface area contributed by atoms with Crippen LogP contribution >= 0.6 is 0 Å². The summed E-state index contributed by atoms with van der Waals surface area (Å²) in [6, 6.07) is 4.03. The molecule has 2 aromatic rings. The second kappa shape index (κ2) is 8.04. The number of fused-ring (bicyclic) bond motifs is 1. The van der Waals surface area contributed by atoms with Gasteiger partial charge in [-0.2, -0.15) is 4.98 Å². The monoisotopic (exact) mass is 438 g/mol. The van der Waals surface area contributed by atoms with E-state index in [1.54, 1.807) is 18.2 Å². The van der Waals surface area contributed by atoms with E-state index in [0.717, 1.165) is 31.1 Å². The third kappa shape index (κ3) is 3.47. The summed E-state index contributed by atoms with van der Waals surface area (Å²) in [6.07, 6.45) is 0.204. The minimum absolute atomic E-state index is 0.0825. The third-order valence-electron chi connectivity index (χ3n) is 5.87. The van der Waals surface area contributed by atoms with Gasteiger partial charge < -0.3 is 15.5 Å². The van der Waals surface area contributed by atoms with Crippen molar-refractivity contribution >= 4 is 35.5 Å². The number of carbonyl (C=O) groups excluding carboxylic acids is 4. The average molecular weight is 438 g/mol. The lowest BCUT2D eigenvalue weighted by molar-refractivity contribution is -0.136. The summed E-state index contributed by atoms with van der Waals surface area (Å²) in [5.74, 6) is -1.03. The van der Waals surface area contributed by atoms with Crippen molar-refractivity contribution in [1.29, 1.82) is 0 Å². The molecule has 1 aromatic carbocycles. The van der Waals surface area contributed by atoms with Crippen LogP contribution in [0.5, 0.6) is 0 Å². The summed E-state index contributed by atoms with van der Waals surface area (Å²) in [7, 11) is 0. The van der Waals surface area contributed by atoms with Gasteiger partial charge in [0.05, 0.1) is 11.1 Å². The molecule has 3 aliphatic heterocycles. The van der Waals surface area contributed by atoms with Gasteiger partial charge in [0, 0.05) is 39.1 Å². The summed E-state index contributed by atoms with van der Waals surface area (Å²) in [4.78, 5) is 57.2. The van der Waals surface area contributed by atoms with Crippen LogP contribution in [0.25, 0.3) is 0 Å². The number of imide groups is 2. The molecule has 12 nitrogen and oxygen atoms in total. The zero-order valence-electron chi connectivity index (χ0n) is 17.2. The average Bonchev–Trinajstić information content (AvgIpc) is 3.37. The molecule has 166 valence electrons. The number of piperidine rings is 1. The molecular formula is C20H22N8O4. The SMILES string of the molecule is O=C1CCC(N2C(=O)c3cccc(CNc4nc(N5CCNCC5)n[nH]4)c3C2=O)C(=O)N1. The van der Waals surface area contributed by atoms with Crippen LogP contribution in [0.4, 0.5) is 11.9 Å². The molecule has 0 bridgehead atoms. The Kier molecular flexibility index (Phi) is 5.05. The second-order valence-corrected chi connectivity index (χ2v) is 7.86. The minimum atomic E-state index is -0.989. The number of piperazine rings is 1. The molecule has 0 aliphatic carbocycles. The van der Waals surface area contributed by atoms with Gasteiger partial charge in [-0.15, -0.1) is 5.10 Å².